The van der Waals surface area contributed by atoms with Gasteiger partial charge in [-0.25, -0.2) is 0 Å². The predicted octanol–water partition coefficient (Wildman–Crippen LogP) is 1.73. The molecule has 1 atom stereocenters. The second-order valence-corrected chi connectivity index (χ2v) is 6.21. The smallest absolute Gasteiger partial charge is 0.227 e. The molecule has 1 fully saturated rings. The molecule has 24 heavy (non-hydrogen) atoms. The third kappa shape index (κ3) is 4.96. The van der Waals surface area contributed by atoms with Crippen molar-refractivity contribution in [3.63, 3.8) is 0 Å². The number of rotatable bonds is 7. The lowest BCUT2D eigenvalue weighted by molar-refractivity contribution is -0.126. The van der Waals surface area contributed by atoms with Crippen LogP contribution in [-0.2, 0) is 14.4 Å². The lowest BCUT2D eigenvalue weighted by atomic mass is 10.1. The molecule has 1 unspecified atom stereocenters. The van der Waals surface area contributed by atoms with Gasteiger partial charge in [0.1, 0.15) is 0 Å². The Kier molecular flexibility index (Phi) is 6.61. The molecule has 2 N–H and O–H groups in total. The lowest BCUT2D eigenvalue weighted by Crippen LogP contribution is -2.35. The fourth-order valence-corrected chi connectivity index (χ4v) is 2.68. The largest absolute Gasteiger partial charge is 0.356 e. The first kappa shape index (κ1) is 18.3. The Labute approximate surface area is 146 Å². The van der Waals surface area contributed by atoms with E-state index in [0.29, 0.717) is 18.1 Å². The number of amides is 3. The summed E-state index contributed by atoms with van der Waals surface area (Å²) in [6, 6.07) is 6.95. The molecular weight excluding hydrogens is 330 g/mol. The van der Waals surface area contributed by atoms with Crippen molar-refractivity contribution in [1.82, 2.24) is 10.6 Å². The van der Waals surface area contributed by atoms with Crippen molar-refractivity contribution < 1.29 is 14.4 Å². The van der Waals surface area contributed by atoms with E-state index in [-0.39, 0.29) is 37.1 Å². The van der Waals surface area contributed by atoms with Gasteiger partial charge < -0.3 is 15.5 Å². The van der Waals surface area contributed by atoms with E-state index in [1.165, 1.54) is 0 Å². The molecule has 1 aromatic carbocycles. The number of carbonyl (C=O) groups excluding carboxylic acids is 3. The maximum Gasteiger partial charge on any atom is 0.227 e. The summed E-state index contributed by atoms with van der Waals surface area (Å²) < 4.78 is 0. The van der Waals surface area contributed by atoms with Crippen LogP contribution in [0.4, 0.5) is 5.69 Å². The Bertz CT molecular complexity index is 604. The second kappa shape index (κ2) is 8.68. The van der Waals surface area contributed by atoms with Gasteiger partial charge in [0.2, 0.25) is 17.7 Å². The molecule has 0 aromatic heterocycles. The van der Waals surface area contributed by atoms with Gasteiger partial charge in [0.25, 0.3) is 0 Å². The summed E-state index contributed by atoms with van der Waals surface area (Å²) in [5.74, 6) is -0.754. The summed E-state index contributed by atoms with van der Waals surface area (Å²) in [5.41, 5.74) is 0.735. The van der Waals surface area contributed by atoms with Gasteiger partial charge in [-0.05, 0) is 30.7 Å². The van der Waals surface area contributed by atoms with Crippen LogP contribution in [0.3, 0.4) is 0 Å². The van der Waals surface area contributed by atoms with Crippen LogP contribution in [0.25, 0.3) is 0 Å². The number of anilines is 1. The molecule has 3 amide bonds. The molecule has 1 saturated heterocycles. The standard InChI is InChI=1S/C17H22ClN3O3/c1-2-8-19-15(22)7-9-20-17(24)12-10-16(23)21(11-12)14-5-3-13(18)4-6-14/h3-6,12H,2,7-11H2,1H3,(H,19,22)(H,20,24). The van der Waals surface area contributed by atoms with E-state index >= 15 is 0 Å². The minimum atomic E-state index is -0.396. The average molecular weight is 352 g/mol. The van der Waals surface area contributed by atoms with Gasteiger partial charge in [-0.1, -0.05) is 18.5 Å². The first-order valence-electron chi connectivity index (χ1n) is 8.11. The molecule has 130 valence electrons. The van der Waals surface area contributed by atoms with Crippen molar-refractivity contribution >= 4 is 35.0 Å². The molecule has 0 saturated carbocycles. The van der Waals surface area contributed by atoms with E-state index in [0.717, 1.165) is 12.1 Å². The summed E-state index contributed by atoms with van der Waals surface area (Å²) in [6.45, 7) is 3.24. The summed E-state index contributed by atoms with van der Waals surface area (Å²) >= 11 is 5.85. The van der Waals surface area contributed by atoms with Gasteiger partial charge >= 0.3 is 0 Å². The molecule has 0 radical (unpaired) electrons. The van der Waals surface area contributed by atoms with E-state index in [1.54, 1.807) is 29.2 Å². The van der Waals surface area contributed by atoms with Crippen LogP contribution in [0.15, 0.2) is 24.3 Å². The van der Waals surface area contributed by atoms with E-state index in [9.17, 15) is 14.4 Å². The first-order chi connectivity index (χ1) is 11.5. The maximum atomic E-state index is 12.2. The number of hydrogen-bond acceptors (Lipinski definition) is 3. The summed E-state index contributed by atoms with van der Waals surface area (Å²) in [7, 11) is 0. The van der Waals surface area contributed by atoms with Gasteiger partial charge in [-0.15, -0.1) is 0 Å². The van der Waals surface area contributed by atoms with E-state index in [2.05, 4.69) is 10.6 Å². The van der Waals surface area contributed by atoms with E-state index in [4.69, 9.17) is 11.6 Å². The van der Waals surface area contributed by atoms with Gasteiger partial charge in [0, 0.05) is 43.2 Å². The molecule has 1 aromatic rings. The minimum absolute atomic E-state index is 0.0811. The predicted molar refractivity (Wildman–Crippen MR) is 92.8 cm³/mol. The van der Waals surface area contributed by atoms with Crippen molar-refractivity contribution in [2.45, 2.75) is 26.2 Å². The topological polar surface area (TPSA) is 78.5 Å². The number of hydrogen-bond donors (Lipinski definition) is 2. The summed E-state index contributed by atoms with van der Waals surface area (Å²) in [6.07, 6.45) is 1.30. The van der Waals surface area contributed by atoms with Crippen LogP contribution in [0.1, 0.15) is 26.2 Å². The molecule has 0 spiro atoms. The molecule has 1 heterocycles. The fraction of sp³-hybridized carbons (Fsp3) is 0.471. The Balaban J connectivity index is 1.81. The molecular formula is C17H22ClN3O3. The molecule has 1 aliphatic heterocycles. The van der Waals surface area contributed by atoms with Crippen molar-refractivity contribution in [3.05, 3.63) is 29.3 Å². The normalized spacial score (nSPS) is 17.0. The number of benzene rings is 1. The van der Waals surface area contributed by atoms with Crippen LogP contribution in [0, 0.1) is 5.92 Å². The molecule has 0 aliphatic carbocycles. The number of halogens is 1. The molecule has 2 rings (SSSR count). The monoisotopic (exact) mass is 351 g/mol. The zero-order valence-corrected chi connectivity index (χ0v) is 14.4. The van der Waals surface area contributed by atoms with Crippen LogP contribution >= 0.6 is 11.6 Å². The lowest BCUT2D eigenvalue weighted by Gasteiger charge is -2.16. The Morgan fingerprint density at radius 2 is 1.92 bits per heavy atom. The average Bonchev–Trinajstić information content (AvgIpc) is 2.95. The SMILES string of the molecule is CCCNC(=O)CCNC(=O)C1CC(=O)N(c2ccc(Cl)cc2)C1. The zero-order chi connectivity index (χ0) is 17.5. The zero-order valence-electron chi connectivity index (χ0n) is 13.7. The van der Waals surface area contributed by atoms with Gasteiger partial charge in [-0.3, -0.25) is 14.4 Å². The first-order valence-corrected chi connectivity index (χ1v) is 8.49. The van der Waals surface area contributed by atoms with Gasteiger partial charge in [0.15, 0.2) is 0 Å². The van der Waals surface area contributed by atoms with Gasteiger partial charge in [-0.2, -0.15) is 0 Å². The van der Waals surface area contributed by atoms with Crippen LogP contribution in [-0.4, -0.2) is 37.4 Å². The van der Waals surface area contributed by atoms with Crippen LogP contribution in [0.2, 0.25) is 5.02 Å². The molecule has 0 bridgehead atoms. The highest BCUT2D eigenvalue weighted by Gasteiger charge is 2.34. The van der Waals surface area contributed by atoms with E-state index < -0.39 is 5.92 Å². The molecule has 1 aliphatic rings. The third-order valence-electron chi connectivity index (χ3n) is 3.86. The fourth-order valence-electron chi connectivity index (χ4n) is 2.55. The Hall–Kier alpha value is -2.08. The molecule has 6 nitrogen and oxygen atoms in total. The highest BCUT2D eigenvalue weighted by atomic mass is 35.5. The number of nitrogens with one attached hydrogen (secondary N) is 2. The van der Waals surface area contributed by atoms with Crippen LogP contribution < -0.4 is 15.5 Å². The number of carbonyl (C=O) groups is 3. The quantitative estimate of drug-likeness (QED) is 0.785. The highest BCUT2D eigenvalue weighted by Crippen LogP contribution is 2.26. The summed E-state index contributed by atoms with van der Waals surface area (Å²) in [4.78, 5) is 37.4. The van der Waals surface area contributed by atoms with Crippen molar-refractivity contribution in [2.75, 3.05) is 24.5 Å². The van der Waals surface area contributed by atoms with Crippen molar-refractivity contribution in [3.8, 4) is 0 Å². The van der Waals surface area contributed by atoms with Gasteiger partial charge in [0.05, 0.1) is 5.92 Å². The van der Waals surface area contributed by atoms with E-state index in [1.807, 2.05) is 6.92 Å². The van der Waals surface area contributed by atoms with Crippen molar-refractivity contribution in [2.24, 2.45) is 5.92 Å². The molecule has 7 heteroatoms. The summed E-state index contributed by atoms with van der Waals surface area (Å²) in [5, 5.41) is 6.08. The number of nitrogens with zero attached hydrogens (tertiary/aromatic N) is 1. The Morgan fingerprint density at radius 3 is 2.58 bits per heavy atom. The second-order valence-electron chi connectivity index (χ2n) is 5.77. The minimum Gasteiger partial charge on any atom is -0.356 e. The third-order valence-corrected chi connectivity index (χ3v) is 4.11. The van der Waals surface area contributed by atoms with Crippen LogP contribution in [0.5, 0.6) is 0 Å². The maximum absolute atomic E-state index is 12.2. The van der Waals surface area contributed by atoms with Crippen molar-refractivity contribution in [1.29, 1.82) is 0 Å². The highest BCUT2D eigenvalue weighted by molar-refractivity contribution is 6.30. The Morgan fingerprint density at radius 1 is 1.21 bits per heavy atom.